The molecule has 2 nitrogen and oxygen atoms in total. The summed E-state index contributed by atoms with van der Waals surface area (Å²) < 4.78 is 0. The van der Waals surface area contributed by atoms with Gasteiger partial charge < -0.3 is 5.32 Å². The van der Waals surface area contributed by atoms with Crippen LogP contribution >= 0.6 is 23.4 Å². The molecule has 104 valence electrons. The van der Waals surface area contributed by atoms with Crippen molar-refractivity contribution in [3.63, 3.8) is 0 Å². The average Bonchev–Trinajstić information content (AvgIpc) is 2.48. The Morgan fingerprint density at radius 1 is 1.26 bits per heavy atom. The van der Waals surface area contributed by atoms with Crippen molar-refractivity contribution in [3.8, 4) is 0 Å². The monoisotopic (exact) mass is 297 g/mol. The van der Waals surface area contributed by atoms with E-state index in [1.165, 1.54) is 11.3 Å². The Balaban J connectivity index is 2.06. The first-order chi connectivity index (χ1) is 9.19. The van der Waals surface area contributed by atoms with Crippen molar-refractivity contribution >= 4 is 29.3 Å². The van der Waals surface area contributed by atoms with Crippen LogP contribution in [0.5, 0.6) is 0 Å². The van der Waals surface area contributed by atoms with E-state index in [1.807, 2.05) is 30.5 Å². The SMILES string of the molecule is CSc1ccc(C(=O)NC2(CCl)CCCCC2)cc1. The van der Waals surface area contributed by atoms with Crippen LogP contribution < -0.4 is 5.32 Å². The fraction of sp³-hybridized carbons (Fsp3) is 0.533. The quantitative estimate of drug-likeness (QED) is 0.670. The van der Waals surface area contributed by atoms with Gasteiger partial charge in [-0.15, -0.1) is 23.4 Å². The third-order valence-corrected chi connectivity index (χ3v) is 5.05. The van der Waals surface area contributed by atoms with Crippen LogP contribution in [0, 0.1) is 0 Å². The van der Waals surface area contributed by atoms with Gasteiger partial charge in [-0.3, -0.25) is 4.79 Å². The molecule has 0 atom stereocenters. The minimum absolute atomic E-state index is 0.00444. The highest BCUT2D eigenvalue weighted by atomic mass is 35.5. The molecule has 1 amide bonds. The summed E-state index contributed by atoms with van der Waals surface area (Å²) in [6.45, 7) is 0. The van der Waals surface area contributed by atoms with Gasteiger partial charge in [0, 0.05) is 16.3 Å². The number of carbonyl (C=O) groups is 1. The van der Waals surface area contributed by atoms with Crippen molar-refractivity contribution in [2.45, 2.75) is 42.5 Å². The molecule has 0 unspecified atom stereocenters. The Morgan fingerprint density at radius 3 is 2.42 bits per heavy atom. The number of hydrogen-bond donors (Lipinski definition) is 1. The number of thioether (sulfide) groups is 1. The summed E-state index contributed by atoms with van der Waals surface area (Å²) >= 11 is 7.77. The van der Waals surface area contributed by atoms with Crippen LogP contribution in [0.2, 0.25) is 0 Å². The zero-order valence-corrected chi connectivity index (χ0v) is 12.8. The highest BCUT2D eigenvalue weighted by Gasteiger charge is 2.32. The Kier molecular flexibility index (Phi) is 5.17. The second kappa shape index (κ2) is 6.67. The fourth-order valence-electron chi connectivity index (χ4n) is 2.58. The molecule has 1 aromatic carbocycles. The highest BCUT2D eigenvalue weighted by Crippen LogP contribution is 2.29. The molecule has 0 aliphatic heterocycles. The molecule has 19 heavy (non-hydrogen) atoms. The smallest absolute Gasteiger partial charge is 0.251 e. The highest BCUT2D eigenvalue weighted by molar-refractivity contribution is 7.98. The van der Waals surface area contributed by atoms with Crippen molar-refractivity contribution in [1.82, 2.24) is 5.32 Å². The average molecular weight is 298 g/mol. The maximum Gasteiger partial charge on any atom is 0.251 e. The first-order valence-electron chi connectivity index (χ1n) is 6.72. The molecule has 0 spiro atoms. The first-order valence-corrected chi connectivity index (χ1v) is 8.48. The van der Waals surface area contributed by atoms with Gasteiger partial charge in [-0.2, -0.15) is 0 Å². The lowest BCUT2D eigenvalue weighted by atomic mass is 9.83. The lowest BCUT2D eigenvalue weighted by molar-refractivity contribution is 0.0884. The van der Waals surface area contributed by atoms with E-state index in [9.17, 15) is 4.79 Å². The van der Waals surface area contributed by atoms with E-state index in [1.54, 1.807) is 11.8 Å². The van der Waals surface area contributed by atoms with Crippen LogP contribution in [-0.2, 0) is 0 Å². The molecule has 1 aromatic rings. The van der Waals surface area contributed by atoms with Gasteiger partial charge in [-0.25, -0.2) is 0 Å². The van der Waals surface area contributed by atoms with Crippen LogP contribution in [-0.4, -0.2) is 23.6 Å². The van der Waals surface area contributed by atoms with E-state index in [0.717, 1.165) is 25.7 Å². The first kappa shape index (κ1) is 14.7. The van der Waals surface area contributed by atoms with Crippen molar-refractivity contribution < 1.29 is 4.79 Å². The van der Waals surface area contributed by atoms with E-state index in [2.05, 4.69) is 5.32 Å². The van der Waals surface area contributed by atoms with Gasteiger partial charge in [0.2, 0.25) is 0 Å². The summed E-state index contributed by atoms with van der Waals surface area (Å²) in [7, 11) is 0. The molecule has 1 aliphatic rings. The molecule has 1 N–H and O–H groups in total. The lowest BCUT2D eigenvalue weighted by Gasteiger charge is -2.36. The summed E-state index contributed by atoms with van der Waals surface area (Å²) in [4.78, 5) is 13.5. The predicted molar refractivity (Wildman–Crippen MR) is 82.2 cm³/mol. The van der Waals surface area contributed by atoms with Crippen molar-refractivity contribution in [2.24, 2.45) is 0 Å². The van der Waals surface area contributed by atoms with Crippen LogP contribution in [0.15, 0.2) is 29.2 Å². The summed E-state index contributed by atoms with van der Waals surface area (Å²) in [5.41, 5.74) is 0.516. The van der Waals surface area contributed by atoms with Gasteiger partial charge in [-0.05, 0) is 43.4 Å². The molecule has 4 heteroatoms. The van der Waals surface area contributed by atoms with E-state index in [4.69, 9.17) is 11.6 Å². The van der Waals surface area contributed by atoms with Gasteiger partial charge >= 0.3 is 0 Å². The molecule has 0 radical (unpaired) electrons. The lowest BCUT2D eigenvalue weighted by Crippen LogP contribution is -2.51. The Labute approximate surface area is 124 Å². The zero-order chi connectivity index (χ0) is 13.7. The molecule has 0 aromatic heterocycles. The zero-order valence-electron chi connectivity index (χ0n) is 11.2. The van der Waals surface area contributed by atoms with Crippen LogP contribution in [0.1, 0.15) is 42.5 Å². The Hall–Kier alpha value is -0.670. The van der Waals surface area contributed by atoms with Crippen LogP contribution in [0.3, 0.4) is 0 Å². The molecule has 0 saturated heterocycles. The third kappa shape index (κ3) is 3.67. The number of halogens is 1. The van der Waals surface area contributed by atoms with E-state index < -0.39 is 0 Å². The van der Waals surface area contributed by atoms with E-state index in [0.29, 0.717) is 11.4 Å². The number of carbonyl (C=O) groups excluding carboxylic acids is 1. The van der Waals surface area contributed by atoms with Gasteiger partial charge in [0.25, 0.3) is 5.91 Å². The van der Waals surface area contributed by atoms with E-state index in [-0.39, 0.29) is 11.4 Å². The van der Waals surface area contributed by atoms with Crippen molar-refractivity contribution in [2.75, 3.05) is 12.1 Å². The molecule has 1 aliphatic carbocycles. The maximum absolute atomic E-state index is 12.3. The van der Waals surface area contributed by atoms with E-state index >= 15 is 0 Å². The summed E-state index contributed by atoms with van der Waals surface area (Å²) in [5.74, 6) is 0.497. The number of rotatable bonds is 4. The topological polar surface area (TPSA) is 29.1 Å². The maximum atomic E-state index is 12.3. The van der Waals surface area contributed by atoms with Gasteiger partial charge in [0.05, 0.1) is 5.54 Å². The van der Waals surface area contributed by atoms with Gasteiger partial charge in [-0.1, -0.05) is 19.3 Å². The van der Waals surface area contributed by atoms with Crippen LogP contribution in [0.25, 0.3) is 0 Å². The fourth-order valence-corrected chi connectivity index (χ4v) is 3.32. The summed E-state index contributed by atoms with van der Waals surface area (Å²) in [6.07, 6.45) is 7.56. The molecule has 0 bridgehead atoms. The van der Waals surface area contributed by atoms with Gasteiger partial charge in [0.15, 0.2) is 0 Å². The number of hydrogen-bond acceptors (Lipinski definition) is 2. The van der Waals surface area contributed by atoms with Gasteiger partial charge in [0.1, 0.15) is 0 Å². The number of alkyl halides is 1. The van der Waals surface area contributed by atoms with Crippen molar-refractivity contribution in [3.05, 3.63) is 29.8 Å². The molecule has 2 rings (SSSR count). The number of nitrogens with one attached hydrogen (secondary N) is 1. The minimum Gasteiger partial charge on any atom is -0.345 e. The molecular weight excluding hydrogens is 278 g/mol. The summed E-state index contributed by atoms with van der Waals surface area (Å²) in [6, 6.07) is 7.72. The normalized spacial score (nSPS) is 18.0. The van der Waals surface area contributed by atoms with Crippen LogP contribution in [0.4, 0.5) is 0 Å². The second-order valence-electron chi connectivity index (χ2n) is 5.16. The standard InChI is InChI=1S/C15H20ClNOS/c1-19-13-7-5-12(6-8-13)14(18)17-15(11-16)9-3-2-4-10-15/h5-8H,2-4,9-11H2,1H3,(H,17,18). The van der Waals surface area contributed by atoms with Crippen molar-refractivity contribution in [1.29, 1.82) is 0 Å². The summed E-state index contributed by atoms with van der Waals surface area (Å²) in [5, 5.41) is 3.16. The molecule has 1 saturated carbocycles. The predicted octanol–water partition coefficient (Wildman–Crippen LogP) is 4.08. The third-order valence-electron chi connectivity index (χ3n) is 3.80. The Bertz CT molecular complexity index is 426. The largest absolute Gasteiger partial charge is 0.345 e. The minimum atomic E-state index is -0.199. The molecule has 0 heterocycles. The number of benzene rings is 1. The molecule has 1 fully saturated rings. The molecular formula is C15H20ClNOS. The second-order valence-corrected chi connectivity index (χ2v) is 6.30. The number of amides is 1. The Morgan fingerprint density at radius 2 is 1.89 bits per heavy atom.